The van der Waals surface area contributed by atoms with Gasteiger partial charge >= 0.3 is 0 Å². The Morgan fingerprint density at radius 1 is 1.22 bits per heavy atom. The maximum Gasteiger partial charge on any atom is 0.173 e. The average molecular weight is 314 g/mol. The molecule has 0 amide bonds. The van der Waals surface area contributed by atoms with E-state index in [9.17, 15) is 0 Å². The third-order valence-electron chi connectivity index (χ3n) is 5.38. The number of aromatic nitrogens is 3. The fourth-order valence-corrected chi connectivity index (χ4v) is 3.74. The van der Waals surface area contributed by atoms with Crippen molar-refractivity contribution in [2.75, 3.05) is 13.1 Å². The number of hydrogen-bond donors (Lipinski definition) is 0. The van der Waals surface area contributed by atoms with Gasteiger partial charge in [-0.2, -0.15) is 5.10 Å². The molecule has 2 fully saturated rings. The molecule has 1 saturated carbocycles. The van der Waals surface area contributed by atoms with Gasteiger partial charge in [0.25, 0.3) is 0 Å². The zero-order valence-corrected chi connectivity index (χ0v) is 14.4. The topological polar surface area (TPSA) is 47.1 Å². The number of piperidine rings is 1. The fourth-order valence-electron chi connectivity index (χ4n) is 3.74. The minimum absolute atomic E-state index is 0.422. The lowest BCUT2D eigenvalue weighted by Crippen LogP contribution is -2.35. The second-order valence-corrected chi connectivity index (χ2v) is 7.27. The lowest BCUT2D eigenvalue weighted by Gasteiger charge is -2.35. The van der Waals surface area contributed by atoms with Crippen molar-refractivity contribution >= 4 is 0 Å². The van der Waals surface area contributed by atoms with Gasteiger partial charge in [0.05, 0.1) is 23.0 Å². The van der Waals surface area contributed by atoms with E-state index in [2.05, 4.69) is 23.2 Å². The van der Waals surface area contributed by atoms with Gasteiger partial charge in [-0.1, -0.05) is 11.6 Å². The van der Waals surface area contributed by atoms with Crippen molar-refractivity contribution in [3.05, 3.63) is 23.1 Å². The number of hydrogen-bond acceptors (Lipinski definition) is 4. The van der Waals surface area contributed by atoms with Gasteiger partial charge in [-0.25, -0.2) is 0 Å². The van der Waals surface area contributed by atoms with Gasteiger partial charge in [0.15, 0.2) is 5.76 Å². The number of likely N-dealkylation sites (tertiary alicyclic amines) is 1. The Kier molecular flexibility index (Phi) is 3.76. The van der Waals surface area contributed by atoms with Crippen molar-refractivity contribution < 1.29 is 4.52 Å². The van der Waals surface area contributed by atoms with Crippen LogP contribution in [-0.4, -0.2) is 32.9 Å². The molecule has 2 aromatic rings. The Morgan fingerprint density at radius 3 is 2.74 bits per heavy atom. The highest BCUT2D eigenvalue weighted by atomic mass is 16.5. The summed E-state index contributed by atoms with van der Waals surface area (Å²) >= 11 is 0. The Balaban J connectivity index is 1.71. The predicted octanol–water partition coefficient (Wildman–Crippen LogP) is 3.63. The van der Waals surface area contributed by atoms with Gasteiger partial charge in [0, 0.05) is 25.4 Å². The van der Waals surface area contributed by atoms with E-state index in [1.807, 2.05) is 18.7 Å². The molecule has 4 rings (SSSR count). The molecule has 1 aliphatic heterocycles. The summed E-state index contributed by atoms with van der Waals surface area (Å²) in [5, 5.41) is 8.97. The quantitative estimate of drug-likeness (QED) is 0.864. The van der Waals surface area contributed by atoms with E-state index in [1.54, 1.807) is 0 Å². The Hall–Kier alpha value is -1.62. The molecule has 2 aliphatic rings. The molecule has 0 spiro atoms. The molecule has 0 bridgehead atoms. The summed E-state index contributed by atoms with van der Waals surface area (Å²) in [6.45, 7) is 6.51. The Bertz CT molecular complexity index is 698. The molecular weight excluding hydrogens is 288 g/mol. The smallest absolute Gasteiger partial charge is 0.173 e. The molecule has 1 atom stereocenters. The van der Waals surface area contributed by atoms with Crippen molar-refractivity contribution in [1.29, 1.82) is 0 Å². The third kappa shape index (κ3) is 2.82. The van der Waals surface area contributed by atoms with Gasteiger partial charge < -0.3 is 4.52 Å². The van der Waals surface area contributed by atoms with E-state index < -0.39 is 0 Å². The van der Waals surface area contributed by atoms with Gasteiger partial charge in [-0.3, -0.25) is 9.58 Å². The molecule has 124 valence electrons. The Morgan fingerprint density at radius 2 is 2.04 bits per heavy atom. The van der Waals surface area contributed by atoms with Crippen molar-refractivity contribution in [2.45, 2.75) is 52.0 Å². The summed E-state index contributed by atoms with van der Waals surface area (Å²) < 4.78 is 7.56. The Labute approximate surface area is 137 Å². The molecule has 1 aliphatic carbocycles. The summed E-state index contributed by atoms with van der Waals surface area (Å²) in [6.07, 6.45) is 8.69. The zero-order chi connectivity index (χ0) is 16.0. The van der Waals surface area contributed by atoms with E-state index in [1.165, 1.54) is 50.9 Å². The first-order valence-corrected chi connectivity index (χ1v) is 8.84. The fraction of sp³-hybridized carbons (Fsp3) is 0.667. The number of aryl methyl sites for hydroxylation is 2. The molecule has 1 saturated heterocycles. The summed E-state index contributed by atoms with van der Waals surface area (Å²) in [5.74, 6) is 1.81. The van der Waals surface area contributed by atoms with Crippen LogP contribution in [0, 0.1) is 19.8 Å². The second kappa shape index (κ2) is 5.78. The molecule has 0 radical (unpaired) electrons. The van der Waals surface area contributed by atoms with E-state index in [-0.39, 0.29) is 0 Å². The van der Waals surface area contributed by atoms with Crippen LogP contribution in [0.4, 0.5) is 0 Å². The predicted molar refractivity (Wildman–Crippen MR) is 89.1 cm³/mol. The van der Waals surface area contributed by atoms with Crippen LogP contribution >= 0.6 is 0 Å². The van der Waals surface area contributed by atoms with Crippen LogP contribution in [0.25, 0.3) is 11.3 Å². The van der Waals surface area contributed by atoms with E-state index in [0.29, 0.717) is 6.04 Å². The summed E-state index contributed by atoms with van der Waals surface area (Å²) in [7, 11) is 2.00. The molecule has 1 unspecified atom stereocenters. The van der Waals surface area contributed by atoms with Crippen LogP contribution < -0.4 is 0 Å². The van der Waals surface area contributed by atoms with Crippen LogP contribution in [-0.2, 0) is 7.05 Å². The molecule has 5 nitrogen and oxygen atoms in total. The van der Waals surface area contributed by atoms with Crippen LogP contribution in [0.1, 0.15) is 55.1 Å². The van der Waals surface area contributed by atoms with Crippen molar-refractivity contribution in [3.8, 4) is 11.3 Å². The van der Waals surface area contributed by atoms with Crippen molar-refractivity contribution in [3.63, 3.8) is 0 Å². The largest absolute Gasteiger partial charge is 0.356 e. The van der Waals surface area contributed by atoms with Crippen LogP contribution in [0.2, 0.25) is 0 Å². The van der Waals surface area contributed by atoms with Crippen LogP contribution in [0.3, 0.4) is 0 Å². The van der Waals surface area contributed by atoms with Gasteiger partial charge in [-0.05, 0) is 52.0 Å². The third-order valence-corrected chi connectivity index (χ3v) is 5.38. The van der Waals surface area contributed by atoms with Gasteiger partial charge in [-0.15, -0.1) is 0 Å². The lowest BCUT2D eigenvalue weighted by molar-refractivity contribution is 0.139. The standard InChI is InChI=1S/C18H26N4O/c1-12-13(2)20-23-18(12)15-11-21(3)19-17(15)16-6-4-5-9-22(16)10-14-7-8-14/h11,14,16H,4-10H2,1-3H3. The normalized spacial score (nSPS) is 22.7. The molecule has 2 aromatic heterocycles. The molecule has 23 heavy (non-hydrogen) atoms. The lowest BCUT2D eigenvalue weighted by atomic mass is 9.95. The monoisotopic (exact) mass is 314 g/mol. The minimum Gasteiger partial charge on any atom is -0.356 e. The highest BCUT2D eigenvalue weighted by Gasteiger charge is 2.34. The molecule has 0 aromatic carbocycles. The highest BCUT2D eigenvalue weighted by molar-refractivity contribution is 5.64. The van der Waals surface area contributed by atoms with Crippen molar-refractivity contribution in [2.24, 2.45) is 13.0 Å². The first-order chi connectivity index (χ1) is 11.1. The average Bonchev–Trinajstić information content (AvgIpc) is 3.19. The summed E-state index contributed by atoms with van der Waals surface area (Å²) in [4.78, 5) is 2.66. The van der Waals surface area contributed by atoms with Crippen LogP contribution in [0.5, 0.6) is 0 Å². The zero-order valence-electron chi connectivity index (χ0n) is 14.4. The molecular formula is C18H26N4O. The maximum atomic E-state index is 5.63. The first-order valence-electron chi connectivity index (χ1n) is 8.84. The summed E-state index contributed by atoms with van der Waals surface area (Å²) in [5.41, 5.74) is 4.39. The van der Waals surface area contributed by atoms with Crippen LogP contribution in [0.15, 0.2) is 10.7 Å². The maximum absolute atomic E-state index is 5.63. The van der Waals surface area contributed by atoms with E-state index >= 15 is 0 Å². The highest BCUT2D eigenvalue weighted by Crippen LogP contribution is 2.40. The van der Waals surface area contributed by atoms with Crippen molar-refractivity contribution in [1.82, 2.24) is 19.8 Å². The number of nitrogens with zero attached hydrogens (tertiary/aromatic N) is 4. The van der Waals surface area contributed by atoms with E-state index in [0.717, 1.165) is 28.5 Å². The summed E-state index contributed by atoms with van der Waals surface area (Å²) in [6, 6.07) is 0.422. The van der Waals surface area contributed by atoms with E-state index in [4.69, 9.17) is 9.62 Å². The molecule has 3 heterocycles. The second-order valence-electron chi connectivity index (χ2n) is 7.27. The van der Waals surface area contributed by atoms with Gasteiger partial charge in [0.2, 0.25) is 0 Å². The molecule has 0 N–H and O–H groups in total. The number of rotatable bonds is 4. The minimum atomic E-state index is 0.422. The SMILES string of the molecule is Cc1noc(-c2cn(C)nc2C2CCCCN2CC2CC2)c1C. The van der Waals surface area contributed by atoms with Gasteiger partial charge in [0.1, 0.15) is 0 Å². The first kappa shape index (κ1) is 14.9. The molecule has 5 heteroatoms.